The van der Waals surface area contributed by atoms with E-state index in [1.165, 1.54) is 4.57 Å². The van der Waals surface area contributed by atoms with Gasteiger partial charge in [0.15, 0.2) is 34.1 Å². The normalized spacial score (nSPS) is 11.6. The summed E-state index contributed by atoms with van der Waals surface area (Å²) in [4.78, 5) is 32.0. The number of aromatic amines is 1. The lowest BCUT2D eigenvalue weighted by Gasteiger charge is -2.07. The Balaban J connectivity index is 2.03. The maximum atomic E-state index is 12.6. The number of ether oxygens (including phenoxy) is 2. The SMILES string of the molecule is CCCn1c(=O)[nH]c(=O)c2c1nc(-c1cc3cccc(OC)c3o1)n2CCOC. The molecule has 152 valence electrons. The lowest BCUT2D eigenvalue weighted by Crippen LogP contribution is -2.31. The van der Waals surface area contributed by atoms with Crippen molar-refractivity contribution in [3.63, 3.8) is 0 Å². The van der Waals surface area contributed by atoms with Crippen LogP contribution in [0.15, 0.2) is 38.3 Å². The molecule has 1 aromatic carbocycles. The molecule has 0 aliphatic carbocycles. The van der Waals surface area contributed by atoms with Crippen molar-refractivity contribution in [2.45, 2.75) is 26.4 Å². The average molecular weight is 398 g/mol. The number of nitrogens with zero attached hydrogens (tertiary/aromatic N) is 3. The molecular formula is C20H22N4O5. The van der Waals surface area contributed by atoms with E-state index in [-0.39, 0.29) is 0 Å². The molecule has 0 radical (unpaired) electrons. The van der Waals surface area contributed by atoms with Gasteiger partial charge in [0.25, 0.3) is 5.56 Å². The van der Waals surface area contributed by atoms with E-state index in [1.807, 2.05) is 31.2 Å². The van der Waals surface area contributed by atoms with Gasteiger partial charge in [-0.25, -0.2) is 9.78 Å². The number of rotatable bonds is 7. The van der Waals surface area contributed by atoms with E-state index in [9.17, 15) is 9.59 Å². The highest BCUT2D eigenvalue weighted by molar-refractivity contribution is 5.87. The summed E-state index contributed by atoms with van der Waals surface area (Å²) in [6, 6.07) is 7.44. The van der Waals surface area contributed by atoms with Crippen molar-refractivity contribution in [2.24, 2.45) is 0 Å². The Bertz CT molecular complexity index is 1290. The van der Waals surface area contributed by atoms with Crippen LogP contribution in [0.5, 0.6) is 5.75 Å². The highest BCUT2D eigenvalue weighted by atomic mass is 16.5. The molecule has 3 heterocycles. The Morgan fingerprint density at radius 2 is 2.00 bits per heavy atom. The van der Waals surface area contributed by atoms with Crippen LogP contribution in [0.4, 0.5) is 0 Å². The first-order valence-electron chi connectivity index (χ1n) is 9.38. The molecule has 29 heavy (non-hydrogen) atoms. The predicted octanol–water partition coefficient (Wildman–Crippen LogP) is 2.36. The maximum Gasteiger partial charge on any atom is 0.330 e. The Kier molecular flexibility index (Phi) is 4.98. The summed E-state index contributed by atoms with van der Waals surface area (Å²) in [6.45, 7) is 3.15. The number of nitrogens with one attached hydrogen (secondary N) is 1. The second kappa shape index (κ2) is 7.59. The number of hydrogen-bond donors (Lipinski definition) is 1. The van der Waals surface area contributed by atoms with Crippen LogP contribution in [0.25, 0.3) is 33.7 Å². The fourth-order valence-corrected chi connectivity index (χ4v) is 3.50. The van der Waals surface area contributed by atoms with Crippen molar-refractivity contribution in [2.75, 3.05) is 20.8 Å². The minimum atomic E-state index is -0.485. The number of methoxy groups -OCH3 is 2. The molecule has 4 rings (SSSR count). The number of hydrogen-bond acceptors (Lipinski definition) is 6. The molecule has 0 spiro atoms. The summed E-state index contributed by atoms with van der Waals surface area (Å²) in [5, 5.41) is 0.851. The largest absolute Gasteiger partial charge is 0.493 e. The van der Waals surface area contributed by atoms with Gasteiger partial charge < -0.3 is 18.5 Å². The molecule has 9 heteroatoms. The molecule has 0 fully saturated rings. The van der Waals surface area contributed by atoms with Gasteiger partial charge in [0, 0.05) is 25.6 Å². The number of benzene rings is 1. The topological polar surface area (TPSA) is 104 Å². The van der Waals surface area contributed by atoms with E-state index in [1.54, 1.807) is 18.8 Å². The van der Waals surface area contributed by atoms with Gasteiger partial charge in [-0.1, -0.05) is 19.1 Å². The van der Waals surface area contributed by atoms with Crippen LogP contribution in [-0.2, 0) is 17.8 Å². The summed E-state index contributed by atoms with van der Waals surface area (Å²) < 4.78 is 19.8. The standard InChI is InChI=1S/C20H22N4O5/c1-4-8-24-18-15(19(25)22-20(24)26)23(9-10-27-2)17(21-18)14-11-12-6-5-7-13(28-3)16(12)29-14/h5-7,11H,4,8-10H2,1-3H3,(H,22,25,26). The zero-order valence-corrected chi connectivity index (χ0v) is 16.5. The quantitative estimate of drug-likeness (QED) is 0.512. The number of para-hydroxylation sites is 1. The van der Waals surface area contributed by atoms with Crippen LogP contribution in [0.3, 0.4) is 0 Å². The van der Waals surface area contributed by atoms with Crippen LogP contribution in [-0.4, -0.2) is 39.9 Å². The molecule has 9 nitrogen and oxygen atoms in total. The van der Waals surface area contributed by atoms with Gasteiger partial charge in [-0.2, -0.15) is 0 Å². The molecule has 0 saturated carbocycles. The van der Waals surface area contributed by atoms with E-state index < -0.39 is 11.2 Å². The minimum absolute atomic E-state index is 0.317. The molecule has 0 saturated heterocycles. The smallest absolute Gasteiger partial charge is 0.330 e. The molecule has 0 atom stereocenters. The van der Waals surface area contributed by atoms with Gasteiger partial charge in [-0.3, -0.25) is 14.3 Å². The molecule has 0 unspecified atom stereocenters. The van der Waals surface area contributed by atoms with Gasteiger partial charge in [0.2, 0.25) is 0 Å². The van der Waals surface area contributed by atoms with Gasteiger partial charge >= 0.3 is 5.69 Å². The van der Waals surface area contributed by atoms with Gasteiger partial charge in [0.1, 0.15) is 0 Å². The lowest BCUT2D eigenvalue weighted by atomic mass is 10.2. The zero-order valence-electron chi connectivity index (χ0n) is 16.5. The molecule has 0 aliphatic rings. The molecular weight excluding hydrogens is 376 g/mol. The third-order valence-electron chi connectivity index (χ3n) is 4.80. The lowest BCUT2D eigenvalue weighted by molar-refractivity contribution is 0.188. The molecule has 0 amide bonds. The van der Waals surface area contributed by atoms with Crippen LogP contribution >= 0.6 is 0 Å². The third kappa shape index (κ3) is 3.13. The summed E-state index contributed by atoms with van der Waals surface area (Å²) in [6.07, 6.45) is 0.725. The number of H-pyrrole nitrogens is 1. The predicted molar refractivity (Wildman–Crippen MR) is 109 cm³/mol. The van der Waals surface area contributed by atoms with Crippen LogP contribution < -0.4 is 16.0 Å². The van der Waals surface area contributed by atoms with Crippen LogP contribution in [0.2, 0.25) is 0 Å². The number of aromatic nitrogens is 4. The molecule has 1 N–H and O–H groups in total. The minimum Gasteiger partial charge on any atom is -0.493 e. The number of furan rings is 1. The molecule has 0 aliphatic heterocycles. The van der Waals surface area contributed by atoms with E-state index in [0.717, 1.165) is 11.8 Å². The molecule has 0 bridgehead atoms. The first-order chi connectivity index (χ1) is 14.1. The zero-order chi connectivity index (χ0) is 20.5. The van der Waals surface area contributed by atoms with Crippen LogP contribution in [0, 0.1) is 0 Å². The highest BCUT2D eigenvalue weighted by Crippen LogP contribution is 2.33. The van der Waals surface area contributed by atoms with Crippen molar-refractivity contribution in [1.29, 1.82) is 0 Å². The second-order valence-electron chi connectivity index (χ2n) is 6.65. The van der Waals surface area contributed by atoms with Crippen molar-refractivity contribution < 1.29 is 13.9 Å². The average Bonchev–Trinajstić information content (AvgIpc) is 3.30. The van der Waals surface area contributed by atoms with E-state index in [4.69, 9.17) is 13.9 Å². The Morgan fingerprint density at radius 3 is 2.72 bits per heavy atom. The Labute approximate surface area is 165 Å². The fourth-order valence-electron chi connectivity index (χ4n) is 3.50. The van der Waals surface area contributed by atoms with Crippen molar-refractivity contribution in [3.05, 3.63) is 45.1 Å². The number of imidazole rings is 1. The number of aryl methyl sites for hydroxylation is 1. The van der Waals surface area contributed by atoms with Gasteiger partial charge in [0.05, 0.1) is 13.7 Å². The monoisotopic (exact) mass is 398 g/mol. The number of fused-ring (bicyclic) bond motifs is 2. The summed E-state index contributed by atoms with van der Waals surface area (Å²) in [7, 11) is 3.16. The van der Waals surface area contributed by atoms with Gasteiger partial charge in [-0.15, -0.1) is 0 Å². The summed E-state index contributed by atoms with van der Waals surface area (Å²) >= 11 is 0. The summed E-state index contributed by atoms with van der Waals surface area (Å²) in [5.41, 5.74) is 0.284. The molecule has 4 aromatic rings. The van der Waals surface area contributed by atoms with E-state index in [2.05, 4.69) is 9.97 Å². The Morgan fingerprint density at radius 1 is 1.17 bits per heavy atom. The van der Waals surface area contributed by atoms with Gasteiger partial charge in [-0.05, 0) is 18.6 Å². The first-order valence-corrected chi connectivity index (χ1v) is 9.38. The van der Waals surface area contributed by atoms with Crippen molar-refractivity contribution in [3.8, 4) is 17.3 Å². The van der Waals surface area contributed by atoms with Crippen molar-refractivity contribution >= 4 is 22.1 Å². The maximum absolute atomic E-state index is 12.6. The highest BCUT2D eigenvalue weighted by Gasteiger charge is 2.22. The molecule has 3 aromatic heterocycles. The van der Waals surface area contributed by atoms with E-state index in [0.29, 0.717) is 53.8 Å². The third-order valence-corrected chi connectivity index (χ3v) is 4.80. The summed E-state index contributed by atoms with van der Waals surface area (Å²) in [5.74, 6) is 1.54. The van der Waals surface area contributed by atoms with Crippen molar-refractivity contribution in [1.82, 2.24) is 19.1 Å². The first kappa shape index (κ1) is 19.0. The van der Waals surface area contributed by atoms with E-state index >= 15 is 0 Å². The fraction of sp³-hybridized carbons (Fsp3) is 0.350. The van der Waals surface area contributed by atoms with Crippen LogP contribution in [0.1, 0.15) is 13.3 Å². The Hall–Kier alpha value is -3.33. The second-order valence-corrected chi connectivity index (χ2v) is 6.65.